The van der Waals surface area contributed by atoms with E-state index in [0.717, 1.165) is 17.7 Å². The lowest BCUT2D eigenvalue weighted by Crippen LogP contribution is -2.42. The third-order valence-corrected chi connectivity index (χ3v) is 4.44. The first kappa shape index (κ1) is 12.9. The van der Waals surface area contributed by atoms with Crippen LogP contribution < -0.4 is 10.4 Å². The number of anilines is 1. The van der Waals surface area contributed by atoms with E-state index in [1.165, 1.54) is 0 Å². The number of amides is 1. The molecule has 1 saturated carbocycles. The summed E-state index contributed by atoms with van der Waals surface area (Å²) in [5.74, 6) is -2.59. The molecule has 4 atom stereocenters. The van der Waals surface area contributed by atoms with E-state index < -0.39 is 17.8 Å². The number of allylic oxidation sites excluding steroid dienone is 2. The molecule has 0 spiro atoms. The van der Waals surface area contributed by atoms with Crippen LogP contribution in [0.2, 0.25) is 0 Å². The fraction of sp³-hybridized carbons (Fsp3) is 0.375. The number of carboxylic acid groups (broad SMARTS) is 1. The lowest BCUT2D eigenvalue weighted by Gasteiger charge is -2.28. The highest BCUT2D eigenvalue weighted by Crippen LogP contribution is 2.48. The van der Waals surface area contributed by atoms with Gasteiger partial charge in [0.05, 0.1) is 5.92 Å². The standard InChI is InChI=1S/C16H17NO3/c1-9-4-2-3-5-12(9)17-15(18)13-10-6-7-11(8-10)14(13)16(19)20/h2-7,10-11,13-14H,8H2,1H3,(H,17,18)(H,19,20)/p-1/t10-,11+,13+,14+/m0/s1. The molecule has 1 aromatic rings. The Hall–Kier alpha value is -2.10. The number of benzene rings is 1. The van der Waals surface area contributed by atoms with Crippen LogP contribution in [0.15, 0.2) is 36.4 Å². The Kier molecular flexibility index (Phi) is 3.08. The van der Waals surface area contributed by atoms with Crippen molar-refractivity contribution in [1.82, 2.24) is 0 Å². The fourth-order valence-corrected chi connectivity index (χ4v) is 3.43. The molecule has 0 aromatic heterocycles. The van der Waals surface area contributed by atoms with Crippen LogP contribution in [0.3, 0.4) is 0 Å². The van der Waals surface area contributed by atoms with Crippen LogP contribution in [-0.4, -0.2) is 11.9 Å². The zero-order chi connectivity index (χ0) is 14.3. The molecule has 0 radical (unpaired) electrons. The molecule has 1 fully saturated rings. The van der Waals surface area contributed by atoms with Gasteiger partial charge in [-0.1, -0.05) is 30.4 Å². The average Bonchev–Trinajstić information content (AvgIpc) is 3.01. The molecule has 1 amide bonds. The highest BCUT2D eigenvalue weighted by molar-refractivity contribution is 5.96. The van der Waals surface area contributed by atoms with Gasteiger partial charge in [0.15, 0.2) is 0 Å². The van der Waals surface area contributed by atoms with E-state index in [1.807, 2.05) is 43.3 Å². The smallest absolute Gasteiger partial charge is 0.228 e. The van der Waals surface area contributed by atoms with E-state index in [1.54, 1.807) is 0 Å². The quantitative estimate of drug-likeness (QED) is 0.837. The molecular formula is C16H16NO3-. The predicted octanol–water partition coefficient (Wildman–Crippen LogP) is 1.12. The molecule has 0 unspecified atom stereocenters. The van der Waals surface area contributed by atoms with Gasteiger partial charge in [-0.05, 0) is 36.8 Å². The van der Waals surface area contributed by atoms with Crippen molar-refractivity contribution in [3.63, 3.8) is 0 Å². The maximum Gasteiger partial charge on any atom is 0.228 e. The molecule has 2 bridgehead atoms. The van der Waals surface area contributed by atoms with Gasteiger partial charge in [-0.25, -0.2) is 0 Å². The zero-order valence-electron chi connectivity index (χ0n) is 11.2. The Morgan fingerprint density at radius 1 is 1.15 bits per heavy atom. The van der Waals surface area contributed by atoms with Crippen molar-refractivity contribution in [2.75, 3.05) is 5.32 Å². The lowest BCUT2D eigenvalue weighted by molar-refractivity contribution is -0.313. The first-order chi connectivity index (χ1) is 9.58. The van der Waals surface area contributed by atoms with Gasteiger partial charge in [0.2, 0.25) is 5.91 Å². The normalized spacial score (nSPS) is 30.4. The van der Waals surface area contributed by atoms with Gasteiger partial charge in [-0.15, -0.1) is 0 Å². The van der Waals surface area contributed by atoms with Crippen LogP contribution in [0.5, 0.6) is 0 Å². The number of rotatable bonds is 3. The summed E-state index contributed by atoms with van der Waals surface area (Å²) in [5.41, 5.74) is 1.70. The molecule has 0 saturated heterocycles. The van der Waals surface area contributed by atoms with Gasteiger partial charge in [-0.2, -0.15) is 0 Å². The Morgan fingerprint density at radius 2 is 1.80 bits per heavy atom. The molecule has 3 rings (SSSR count). The molecule has 2 aliphatic rings. The van der Waals surface area contributed by atoms with Crippen LogP contribution in [0, 0.1) is 30.6 Å². The topological polar surface area (TPSA) is 69.2 Å². The van der Waals surface area contributed by atoms with Gasteiger partial charge in [-0.3, -0.25) is 4.79 Å². The van der Waals surface area contributed by atoms with E-state index in [9.17, 15) is 14.7 Å². The van der Waals surface area contributed by atoms with Crippen molar-refractivity contribution < 1.29 is 14.7 Å². The van der Waals surface area contributed by atoms with E-state index in [-0.39, 0.29) is 17.7 Å². The Morgan fingerprint density at radius 3 is 2.45 bits per heavy atom. The summed E-state index contributed by atoms with van der Waals surface area (Å²) in [7, 11) is 0. The second-order valence-electron chi connectivity index (χ2n) is 5.62. The van der Waals surface area contributed by atoms with Crippen molar-refractivity contribution in [3.8, 4) is 0 Å². The first-order valence-electron chi connectivity index (χ1n) is 6.83. The number of hydrogen-bond acceptors (Lipinski definition) is 3. The van der Waals surface area contributed by atoms with Crippen molar-refractivity contribution in [1.29, 1.82) is 0 Å². The predicted molar refractivity (Wildman–Crippen MR) is 72.5 cm³/mol. The Labute approximate surface area is 117 Å². The summed E-state index contributed by atoms with van der Waals surface area (Å²) in [6.07, 6.45) is 4.61. The fourth-order valence-electron chi connectivity index (χ4n) is 3.43. The van der Waals surface area contributed by atoms with Crippen molar-refractivity contribution in [2.45, 2.75) is 13.3 Å². The summed E-state index contributed by atoms with van der Waals surface area (Å²) in [4.78, 5) is 23.7. The molecule has 0 heterocycles. The number of para-hydroxylation sites is 1. The van der Waals surface area contributed by atoms with Crippen LogP contribution in [-0.2, 0) is 9.59 Å². The van der Waals surface area contributed by atoms with Crippen molar-refractivity contribution >= 4 is 17.6 Å². The van der Waals surface area contributed by atoms with Gasteiger partial charge in [0.1, 0.15) is 0 Å². The maximum atomic E-state index is 12.4. The monoisotopic (exact) mass is 270 g/mol. The number of fused-ring (bicyclic) bond motifs is 2. The minimum Gasteiger partial charge on any atom is -0.550 e. The number of carboxylic acids is 1. The van der Waals surface area contributed by atoms with Gasteiger partial charge < -0.3 is 15.2 Å². The number of aliphatic carboxylic acids is 1. The molecule has 104 valence electrons. The Bertz CT molecular complexity index is 593. The highest BCUT2D eigenvalue weighted by Gasteiger charge is 2.48. The molecule has 0 aliphatic heterocycles. The van der Waals surface area contributed by atoms with Crippen LogP contribution in [0.4, 0.5) is 5.69 Å². The van der Waals surface area contributed by atoms with Gasteiger partial charge in [0.25, 0.3) is 0 Å². The maximum absolute atomic E-state index is 12.4. The lowest BCUT2D eigenvalue weighted by atomic mass is 9.82. The van der Waals surface area contributed by atoms with Crippen molar-refractivity contribution in [3.05, 3.63) is 42.0 Å². The third-order valence-electron chi connectivity index (χ3n) is 4.44. The SMILES string of the molecule is Cc1ccccc1NC(=O)[C@H]1[C@H](C(=O)[O-])[C@@H]2C=C[C@H]1C2. The van der Waals surface area contributed by atoms with Crippen LogP contribution in [0.25, 0.3) is 0 Å². The molecule has 2 aliphatic carbocycles. The number of aryl methyl sites for hydroxylation is 1. The molecular weight excluding hydrogens is 254 g/mol. The molecule has 20 heavy (non-hydrogen) atoms. The number of carbonyl (C=O) groups excluding carboxylic acids is 2. The van der Waals surface area contributed by atoms with E-state index in [4.69, 9.17) is 0 Å². The van der Waals surface area contributed by atoms with E-state index >= 15 is 0 Å². The second kappa shape index (κ2) is 4.78. The van der Waals surface area contributed by atoms with Gasteiger partial charge in [0, 0.05) is 17.6 Å². The Balaban J connectivity index is 1.82. The highest BCUT2D eigenvalue weighted by atomic mass is 16.4. The number of nitrogens with one attached hydrogen (secondary N) is 1. The zero-order valence-corrected chi connectivity index (χ0v) is 11.2. The molecule has 1 N–H and O–H groups in total. The summed E-state index contributed by atoms with van der Waals surface area (Å²) in [5, 5.41) is 14.2. The van der Waals surface area contributed by atoms with Gasteiger partial charge >= 0.3 is 0 Å². The minimum atomic E-state index is -1.12. The summed E-state index contributed by atoms with van der Waals surface area (Å²) in [6, 6.07) is 7.48. The van der Waals surface area contributed by atoms with E-state index in [2.05, 4.69) is 5.32 Å². The number of carbonyl (C=O) groups is 2. The third kappa shape index (κ3) is 2.01. The number of hydrogen-bond donors (Lipinski definition) is 1. The summed E-state index contributed by atoms with van der Waals surface area (Å²) in [6.45, 7) is 1.91. The summed E-state index contributed by atoms with van der Waals surface area (Å²) < 4.78 is 0. The second-order valence-corrected chi connectivity index (χ2v) is 5.62. The van der Waals surface area contributed by atoms with Crippen LogP contribution >= 0.6 is 0 Å². The first-order valence-corrected chi connectivity index (χ1v) is 6.83. The summed E-state index contributed by atoms with van der Waals surface area (Å²) >= 11 is 0. The molecule has 4 heteroatoms. The molecule has 4 nitrogen and oxygen atoms in total. The van der Waals surface area contributed by atoms with E-state index in [0.29, 0.717) is 0 Å². The average molecular weight is 270 g/mol. The van der Waals surface area contributed by atoms with Crippen LogP contribution in [0.1, 0.15) is 12.0 Å². The van der Waals surface area contributed by atoms with Crippen molar-refractivity contribution in [2.24, 2.45) is 23.7 Å². The largest absolute Gasteiger partial charge is 0.550 e. The minimum absolute atomic E-state index is 0.0203. The molecule has 1 aromatic carbocycles.